The first-order chi connectivity index (χ1) is 10.3. The zero-order chi connectivity index (χ0) is 14.5. The first-order valence-electron chi connectivity index (χ1n) is 8.29. The predicted octanol–water partition coefficient (Wildman–Crippen LogP) is 2.55. The van der Waals surface area contributed by atoms with Crippen molar-refractivity contribution in [1.29, 1.82) is 0 Å². The number of hydrogen-bond acceptors (Lipinski definition) is 5. The van der Waals surface area contributed by atoms with E-state index in [2.05, 4.69) is 20.2 Å². The Morgan fingerprint density at radius 1 is 1.33 bits per heavy atom. The van der Waals surface area contributed by atoms with Crippen molar-refractivity contribution in [2.24, 2.45) is 5.92 Å². The second-order valence-corrected chi connectivity index (χ2v) is 6.12. The normalized spacial score (nSPS) is 23.6. The Kier molecular flexibility index (Phi) is 4.91. The van der Waals surface area contributed by atoms with Crippen molar-refractivity contribution in [3.8, 4) is 5.88 Å². The van der Waals surface area contributed by atoms with Crippen LogP contribution < -0.4 is 10.1 Å². The van der Waals surface area contributed by atoms with Crippen molar-refractivity contribution in [3.05, 3.63) is 12.3 Å². The maximum absolute atomic E-state index is 5.40. The monoisotopic (exact) mass is 290 g/mol. The minimum Gasteiger partial charge on any atom is -0.478 e. The topological polar surface area (TPSA) is 50.3 Å². The average molecular weight is 290 g/mol. The second kappa shape index (κ2) is 7.07. The molecule has 2 heterocycles. The van der Waals surface area contributed by atoms with Crippen LogP contribution in [0.3, 0.4) is 0 Å². The van der Waals surface area contributed by atoms with Gasteiger partial charge in [0.05, 0.1) is 6.61 Å². The molecule has 1 atom stereocenters. The number of likely N-dealkylation sites (tertiary alicyclic amines) is 1. The van der Waals surface area contributed by atoms with Crippen molar-refractivity contribution in [3.63, 3.8) is 0 Å². The Morgan fingerprint density at radius 2 is 2.19 bits per heavy atom. The number of aromatic nitrogens is 2. The molecule has 1 saturated carbocycles. The molecule has 116 valence electrons. The van der Waals surface area contributed by atoms with E-state index in [0.29, 0.717) is 24.4 Å². The van der Waals surface area contributed by atoms with Gasteiger partial charge in [0, 0.05) is 31.4 Å². The van der Waals surface area contributed by atoms with E-state index in [1.165, 1.54) is 45.2 Å². The molecule has 1 N–H and O–H groups in total. The smallest absolute Gasteiger partial charge is 0.225 e. The molecule has 5 nitrogen and oxygen atoms in total. The molecule has 2 aliphatic rings. The number of nitrogens with zero attached hydrogens (tertiary/aromatic N) is 3. The third-order valence-electron chi connectivity index (χ3n) is 4.63. The van der Waals surface area contributed by atoms with E-state index in [0.717, 1.165) is 12.6 Å². The Labute approximate surface area is 127 Å². The summed E-state index contributed by atoms with van der Waals surface area (Å²) in [5.74, 6) is 2.04. The highest BCUT2D eigenvalue weighted by molar-refractivity contribution is 5.27. The van der Waals surface area contributed by atoms with Gasteiger partial charge in [0.1, 0.15) is 0 Å². The summed E-state index contributed by atoms with van der Waals surface area (Å²) in [7, 11) is 0. The Bertz CT molecular complexity index is 448. The molecular formula is C16H26N4O. The fourth-order valence-corrected chi connectivity index (χ4v) is 3.52. The first-order valence-corrected chi connectivity index (χ1v) is 8.29. The van der Waals surface area contributed by atoms with E-state index < -0.39 is 0 Å². The standard InChI is InChI=1S/C16H26N4O/c1-2-21-15-7-9-17-16(19-15)18-11-13-8-10-20(12-13)14-5-3-4-6-14/h7,9,13-14H,2-6,8,10-12H2,1H3,(H,17,18,19). The predicted molar refractivity (Wildman–Crippen MR) is 83.6 cm³/mol. The van der Waals surface area contributed by atoms with Crippen LogP contribution in [0.15, 0.2) is 12.3 Å². The quantitative estimate of drug-likeness (QED) is 0.872. The van der Waals surface area contributed by atoms with Gasteiger partial charge >= 0.3 is 0 Å². The molecule has 0 amide bonds. The minimum absolute atomic E-state index is 0.634. The van der Waals surface area contributed by atoms with Crippen LogP contribution in [-0.2, 0) is 0 Å². The molecule has 5 heteroatoms. The summed E-state index contributed by atoms with van der Waals surface area (Å²) in [5, 5.41) is 3.37. The lowest BCUT2D eigenvalue weighted by Gasteiger charge is -2.23. The molecule has 0 radical (unpaired) electrons. The molecule has 1 saturated heterocycles. The molecule has 1 unspecified atom stereocenters. The average Bonchev–Trinajstić information content (AvgIpc) is 3.17. The third kappa shape index (κ3) is 3.84. The van der Waals surface area contributed by atoms with E-state index >= 15 is 0 Å². The first kappa shape index (κ1) is 14.6. The summed E-state index contributed by atoms with van der Waals surface area (Å²) in [6, 6.07) is 2.65. The summed E-state index contributed by atoms with van der Waals surface area (Å²) in [5.41, 5.74) is 0. The molecule has 1 aliphatic heterocycles. The second-order valence-electron chi connectivity index (χ2n) is 6.12. The molecule has 1 aromatic rings. The van der Waals surface area contributed by atoms with Gasteiger partial charge in [0.25, 0.3) is 0 Å². The molecule has 21 heavy (non-hydrogen) atoms. The fourth-order valence-electron chi connectivity index (χ4n) is 3.52. The summed E-state index contributed by atoms with van der Waals surface area (Å²) in [6.07, 6.45) is 8.68. The molecule has 1 aromatic heterocycles. The largest absolute Gasteiger partial charge is 0.478 e. The van der Waals surface area contributed by atoms with Gasteiger partial charge in [-0.05, 0) is 38.6 Å². The molecule has 0 aromatic carbocycles. The van der Waals surface area contributed by atoms with E-state index in [1.54, 1.807) is 12.3 Å². The highest BCUT2D eigenvalue weighted by atomic mass is 16.5. The summed E-state index contributed by atoms with van der Waals surface area (Å²) < 4.78 is 5.40. The van der Waals surface area contributed by atoms with Crippen LogP contribution >= 0.6 is 0 Å². The van der Waals surface area contributed by atoms with Crippen LogP contribution in [0.1, 0.15) is 39.0 Å². The van der Waals surface area contributed by atoms with E-state index in [-0.39, 0.29) is 0 Å². The van der Waals surface area contributed by atoms with Crippen molar-refractivity contribution in [2.75, 3.05) is 31.6 Å². The molecule has 0 spiro atoms. The van der Waals surface area contributed by atoms with Crippen molar-refractivity contribution >= 4 is 5.95 Å². The van der Waals surface area contributed by atoms with Gasteiger partial charge in [-0.2, -0.15) is 4.98 Å². The lowest BCUT2D eigenvalue weighted by Crippen LogP contribution is -2.31. The fraction of sp³-hybridized carbons (Fsp3) is 0.750. The molecule has 1 aliphatic carbocycles. The summed E-state index contributed by atoms with van der Waals surface area (Å²) >= 11 is 0. The van der Waals surface area contributed by atoms with Crippen LogP contribution in [0.4, 0.5) is 5.95 Å². The molecule has 2 fully saturated rings. The Morgan fingerprint density at radius 3 is 3.00 bits per heavy atom. The summed E-state index contributed by atoms with van der Waals surface area (Å²) in [6.45, 7) is 6.04. The van der Waals surface area contributed by atoms with Gasteiger partial charge in [0.2, 0.25) is 11.8 Å². The van der Waals surface area contributed by atoms with Gasteiger partial charge in [-0.3, -0.25) is 0 Å². The Hall–Kier alpha value is -1.36. The number of hydrogen-bond donors (Lipinski definition) is 1. The van der Waals surface area contributed by atoms with Gasteiger partial charge in [0.15, 0.2) is 0 Å². The number of anilines is 1. The van der Waals surface area contributed by atoms with E-state index in [9.17, 15) is 0 Å². The van der Waals surface area contributed by atoms with Gasteiger partial charge in [-0.1, -0.05) is 12.8 Å². The van der Waals surface area contributed by atoms with Crippen LogP contribution in [0.5, 0.6) is 5.88 Å². The van der Waals surface area contributed by atoms with E-state index in [1.807, 2.05) is 6.92 Å². The van der Waals surface area contributed by atoms with Gasteiger partial charge in [-0.15, -0.1) is 0 Å². The minimum atomic E-state index is 0.634. The number of ether oxygens (including phenoxy) is 1. The van der Waals surface area contributed by atoms with Crippen LogP contribution in [0, 0.1) is 5.92 Å². The van der Waals surface area contributed by atoms with Crippen molar-refractivity contribution in [2.45, 2.75) is 45.1 Å². The van der Waals surface area contributed by atoms with Crippen LogP contribution in [0.25, 0.3) is 0 Å². The van der Waals surface area contributed by atoms with Crippen molar-refractivity contribution in [1.82, 2.24) is 14.9 Å². The van der Waals surface area contributed by atoms with Crippen molar-refractivity contribution < 1.29 is 4.74 Å². The molecule has 3 rings (SSSR count). The number of rotatable bonds is 6. The van der Waals surface area contributed by atoms with Gasteiger partial charge < -0.3 is 15.0 Å². The van der Waals surface area contributed by atoms with Crippen LogP contribution in [0.2, 0.25) is 0 Å². The van der Waals surface area contributed by atoms with E-state index in [4.69, 9.17) is 4.74 Å². The third-order valence-corrected chi connectivity index (χ3v) is 4.63. The SMILES string of the molecule is CCOc1ccnc(NCC2CCN(C3CCCC3)C2)n1. The van der Waals surface area contributed by atoms with Gasteiger partial charge in [-0.25, -0.2) is 4.98 Å². The van der Waals surface area contributed by atoms with Crippen LogP contribution in [-0.4, -0.2) is 47.2 Å². The molecule has 0 bridgehead atoms. The maximum atomic E-state index is 5.40. The highest BCUT2D eigenvalue weighted by Gasteiger charge is 2.29. The lowest BCUT2D eigenvalue weighted by molar-refractivity contribution is 0.238. The summed E-state index contributed by atoms with van der Waals surface area (Å²) in [4.78, 5) is 11.3. The zero-order valence-corrected chi connectivity index (χ0v) is 12.9. The highest BCUT2D eigenvalue weighted by Crippen LogP contribution is 2.28. The lowest BCUT2D eigenvalue weighted by atomic mass is 10.1. The number of nitrogens with one attached hydrogen (secondary N) is 1. The Balaban J connectivity index is 1.46. The maximum Gasteiger partial charge on any atom is 0.225 e. The molecular weight excluding hydrogens is 264 g/mol. The zero-order valence-electron chi connectivity index (χ0n) is 12.9.